The lowest BCUT2D eigenvalue weighted by atomic mass is 10.0. The molecule has 1 aromatic rings. The van der Waals surface area contributed by atoms with Gasteiger partial charge in [0.2, 0.25) is 0 Å². The molecule has 0 saturated heterocycles. The Morgan fingerprint density at radius 1 is 1.31 bits per heavy atom. The summed E-state index contributed by atoms with van der Waals surface area (Å²) in [6, 6.07) is 2.66. The molecular formula is C9H11F2NO. The summed E-state index contributed by atoms with van der Waals surface area (Å²) in [7, 11) is 0. The largest absolute Gasteiger partial charge is 0.391 e. The molecule has 0 bridgehead atoms. The van der Waals surface area contributed by atoms with Crippen molar-refractivity contribution < 1.29 is 13.9 Å². The fourth-order valence-corrected chi connectivity index (χ4v) is 0.998. The lowest BCUT2D eigenvalue weighted by molar-refractivity contribution is 0.164. The van der Waals surface area contributed by atoms with E-state index in [2.05, 4.69) is 0 Å². The van der Waals surface area contributed by atoms with Crippen molar-refractivity contribution in [2.24, 2.45) is 5.73 Å². The highest BCUT2D eigenvalue weighted by Crippen LogP contribution is 2.16. The van der Waals surface area contributed by atoms with Crippen LogP contribution in [0.4, 0.5) is 8.78 Å². The fraction of sp³-hybridized carbons (Fsp3) is 0.333. The van der Waals surface area contributed by atoms with Crippen LogP contribution in [-0.4, -0.2) is 11.2 Å². The topological polar surface area (TPSA) is 46.2 Å². The van der Waals surface area contributed by atoms with Crippen molar-refractivity contribution in [2.75, 3.05) is 0 Å². The summed E-state index contributed by atoms with van der Waals surface area (Å²) in [5.41, 5.74) is 5.90. The van der Waals surface area contributed by atoms with Crippen molar-refractivity contribution in [1.82, 2.24) is 0 Å². The third-order valence-corrected chi connectivity index (χ3v) is 1.85. The number of rotatable bonds is 2. The van der Waals surface area contributed by atoms with Gasteiger partial charge >= 0.3 is 0 Å². The Morgan fingerprint density at radius 2 is 1.92 bits per heavy atom. The van der Waals surface area contributed by atoms with Gasteiger partial charge in [0, 0.05) is 0 Å². The molecule has 0 aliphatic carbocycles. The average Bonchev–Trinajstić information content (AvgIpc) is 2.08. The standard InChI is InChI=1S/C9H11F2NO/c1-5(13)9(12)6-2-3-7(10)8(11)4-6/h2-5,9,13H,12H2,1H3/t5-,9+/m1/s1. The maximum absolute atomic E-state index is 12.7. The summed E-state index contributed by atoms with van der Waals surface area (Å²) >= 11 is 0. The van der Waals surface area contributed by atoms with E-state index >= 15 is 0 Å². The van der Waals surface area contributed by atoms with Crippen molar-refractivity contribution in [3.63, 3.8) is 0 Å². The predicted molar refractivity (Wildman–Crippen MR) is 45.0 cm³/mol. The summed E-state index contributed by atoms with van der Waals surface area (Å²) in [5.74, 6) is -1.87. The Bertz CT molecular complexity index is 302. The zero-order valence-electron chi connectivity index (χ0n) is 7.17. The summed E-state index contributed by atoms with van der Waals surface area (Å²) in [6.45, 7) is 1.49. The molecule has 0 amide bonds. The molecule has 2 nitrogen and oxygen atoms in total. The molecule has 2 atom stereocenters. The molecule has 0 saturated carbocycles. The monoisotopic (exact) mass is 187 g/mol. The maximum Gasteiger partial charge on any atom is 0.159 e. The van der Waals surface area contributed by atoms with E-state index < -0.39 is 23.8 Å². The molecule has 0 radical (unpaired) electrons. The molecule has 0 fully saturated rings. The Labute approximate surface area is 75.0 Å². The van der Waals surface area contributed by atoms with Crippen molar-refractivity contribution in [3.05, 3.63) is 35.4 Å². The summed E-state index contributed by atoms with van der Waals surface area (Å²) in [5, 5.41) is 9.09. The van der Waals surface area contributed by atoms with Crippen LogP contribution >= 0.6 is 0 Å². The van der Waals surface area contributed by atoms with Crippen molar-refractivity contribution in [3.8, 4) is 0 Å². The predicted octanol–water partition coefficient (Wildman–Crippen LogP) is 1.35. The van der Waals surface area contributed by atoms with Crippen LogP contribution < -0.4 is 5.73 Å². The third kappa shape index (κ3) is 2.23. The van der Waals surface area contributed by atoms with E-state index in [0.717, 1.165) is 12.1 Å². The number of halogens is 2. The molecule has 0 aromatic heterocycles. The first kappa shape index (κ1) is 10.1. The Hall–Kier alpha value is -1.00. The van der Waals surface area contributed by atoms with Gasteiger partial charge in [-0.25, -0.2) is 8.78 Å². The van der Waals surface area contributed by atoms with E-state index in [0.29, 0.717) is 5.56 Å². The molecule has 13 heavy (non-hydrogen) atoms. The van der Waals surface area contributed by atoms with Crippen LogP contribution in [0.2, 0.25) is 0 Å². The van der Waals surface area contributed by atoms with E-state index in [9.17, 15) is 8.78 Å². The minimum absolute atomic E-state index is 0.383. The Morgan fingerprint density at radius 3 is 2.38 bits per heavy atom. The van der Waals surface area contributed by atoms with Gasteiger partial charge in [-0.2, -0.15) is 0 Å². The second kappa shape index (κ2) is 3.81. The average molecular weight is 187 g/mol. The SMILES string of the molecule is C[C@@H](O)[C@H](N)c1ccc(F)c(F)c1. The van der Waals surface area contributed by atoms with Gasteiger partial charge < -0.3 is 10.8 Å². The molecule has 3 N–H and O–H groups in total. The van der Waals surface area contributed by atoms with Crippen molar-refractivity contribution in [2.45, 2.75) is 19.1 Å². The van der Waals surface area contributed by atoms with Gasteiger partial charge in [-0.15, -0.1) is 0 Å². The van der Waals surface area contributed by atoms with Gasteiger partial charge in [-0.05, 0) is 24.6 Å². The normalized spacial score (nSPS) is 15.5. The van der Waals surface area contributed by atoms with Gasteiger partial charge in [0.1, 0.15) is 0 Å². The number of nitrogens with two attached hydrogens (primary N) is 1. The number of aliphatic hydroxyl groups excluding tert-OH is 1. The van der Waals surface area contributed by atoms with Crippen LogP contribution in [0, 0.1) is 11.6 Å². The molecule has 1 aromatic carbocycles. The minimum atomic E-state index is -0.950. The van der Waals surface area contributed by atoms with Crippen LogP contribution in [-0.2, 0) is 0 Å². The van der Waals surface area contributed by atoms with Crippen LogP contribution in [0.1, 0.15) is 18.5 Å². The van der Waals surface area contributed by atoms with Crippen molar-refractivity contribution >= 4 is 0 Å². The molecule has 0 spiro atoms. The Kier molecular flexibility index (Phi) is 2.95. The minimum Gasteiger partial charge on any atom is -0.391 e. The second-order valence-electron chi connectivity index (χ2n) is 2.94. The number of hydrogen-bond donors (Lipinski definition) is 2. The second-order valence-corrected chi connectivity index (χ2v) is 2.94. The molecule has 72 valence electrons. The molecule has 1 rings (SSSR count). The zero-order chi connectivity index (χ0) is 10.0. The first-order chi connectivity index (χ1) is 6.02. The van der Waals surface area contributed by atoms with Crippen LogP contribution in [0.5, 0.6) is 0 Å². The van der Waals surface area contributed by atoms with Gasteiger partial charge in [-0.3, -0.25) is 0 Å². The zero-order valence-corrected chi connectivity index (χ0v) is 7.17. The first-order valence-corrected chi connectivity index (χ1v) is 3.91. The van der Waals surface area contributed by atoms with E-state index in [1.54, 1.807) is 0 Å². The number of hydrogen-bond acceptors (Lipinski definition) is 2. The van der Waals surface area contributed by atoms with Gasteiger partial charge in [0.25, 0.3) is 0 Å². The Balaban J connectivity index is 2.97. The first-order valence-electron chi connectivity index (χ1n) is 3.91. The molecule has 0 aliphatic heterocycles. The highest BCUT2D eigenvalue weighted by atomic mass is 19.2. The number of aliphatic hydroxyl groups is 1. The van der Waals surface area contributed by atoms with Gasteiger partial charge in [-0.1, -0.05) is 6.07 Å². The lowest BCUT2D eigenvalue weighted by Crippen LogP contribution is -2.23. The molecule has 0 unspecified atom stereocenters. The fourth-order valence-electron chi connectivity index (χ4n) is 0.998. The summed E-state index contributed by atoms with van der Waals surface area (Å²) in [4.78, 5) is 0. The highest BCUT2D eigenvalue weighted by Gasteiger charge is 2.13. The lowest BCUT2D eigenvalue weighted by Gasteiger charge is -2.14. The van der Waals surface area contributed by atoms with E-state index in [1.165, 1.54) is 13.0 Å². The van der Waals surface area contributed by atoms with Gasteiger partial charge in [0.05, 0.1) is 12.1 Å². The molecule has 0 heterocycles. The van der Waals surface area contributed by atoms with Crippen molar-refractivity contribution in [1.29, 1.82) is 0 Å². The van der Waals surface area contributed by atoms with E-state index in [1.807, 2.05) is 0 Å². The highest BCUT2D eigenvalue weighted by molar-refractivity contribution is 5.21. The third-order valence-electron chi connectivity index (χ3n) is 1.85. The molecule has 4 heteroatoms. The molecular weight excluding hydrogens is 176 g/mol. The van der Waals surface area contributed by atoms with Crippen LogP contribution in [0.15, 0.2) is 18.2 Å². The quantitative estimate of drug-likeness (QED) is 0.734. The number of benzene rings is 1. The van der Waals surface area contributed by atoms with E-state index in [-0.39, 0.29) is 0 Å². The summed E-state index contributed by atoms with van der Waals surface area (Å²) < 4.78 is 25.2. The van der Waals surface area contributed by atoms with E-state index in [4.69, 9.17) is 10.8 Å². The maximum atomic E-state index is 12.7. The van der Waals surface area contributed by atoms with Gasteiger partial charge in [0.15, 0.2) is 11.6 Å². The smallest absolute Gasteiger partial charge is 0.159 e. The molecule has 0 aliphatic rings. The van der Waals surface area contributed by atoms with Crippen LogP contribution in [0.3, 0.4) is 0 Å². The summed E-state index contributed by atoms with van der Waals surface area (Å²) in [6.07, 6.45) is -0.787. The van der Waals surface area contributed by atoms with Crippen LogP contribution in [0.25, 0.3) is 0 Å².